The average Bonchev–Trinajstić information content (AvgIpc) is 3.07. The molecule has 27 heavy (non-hydrogen) atoms. The highest BCUT2D eigenvalue weighted by molar-refractivity contribution is 5.90. The topological polar surface area (TPSA) is 75.0 Å². The van der Waals surface area contributed by atoms with Crippen molar-refractivity contribution < 1.29 is 18.7 Å². The Morgan fingerprint density at radius 3 is 2.52 bits per heavy atom. The predicted octanol–water partition coefficient (Wildman–Crippen LogP) is 2.40. The normalized spacial score (nSPS) is 14.8. The number of ether oxygens (including phenoxy) is 1. The minimum atomic E-state index is -0.441. The molecule has 1 fully saturated rings. The van der Waals surface area contributed by atoms with Crippen molar-refractivity contribution in [3.8, 4) is 0 Å². The molecule has 0 radical (unpaired) electrons. The van der Waals surface area contributed by atoms with Crippen molar-refractivity contribution in [1.82, 2.24) is 15.1 Å². The largest absolute Gasteiger partial charge is 0.465 e. The number of hydrogen-bond donors (Lipinski definition) is 1. The molecule has 2 aromatic rings. The number of amides is 2. The summed E-state index contributed by atoms with van der Waals surface area (Å²) in [5.74, 6) is 0.577. The monoisotopic (exact) mass is 371 g/mol. The van der Waals surface area contributed by atoms with Gasteiger partial charge in [-0.1, -0.05) is 30.3 Å². The van der Waals surface area contributed by atoms with E-state index in [0.717, 1.165) is 19.6 Å². The van der Waals surface area contributed by atoms with Crippen molar-refractivity contribution in [1.29, 1.82) is 0 Å². The molecule has 1 aliphatic heterocycles. The second-order valence-electron chi connectivity index (χ2n) is 6.58. The summed E-state index contributed by atoms with van der Waals surface area (Å²) in [6.07, 6.45) is 0. The molecule has 0 bridgehead atoms. The summed E-state index contributed by atoms with van der Waals surface area (Å²) in [5, 5.41) is 2.85. The van der Waals surface area contributed by atoms with Gasteiger partial charge in [0.15, 0.2) is 0 Å². The van der Waals surface area contributed by atoms with Crippen LogP contribution in [0.1, 0.15) is 27.4 Å². The van der Waals surface area contributed by atoms with Gasteiger partial charge in [-0.25, -0.2) is 9.59 Å². The van der Waals surface area contributed by atoms with Gasteiger partial charge in [0.1, 0.15) is 17.1 Å². The SMILES string of the molecule is COC(=O)c1cc(CNC(=O)N2CCN(Cc3ccccc3)CC2)oc1C. The van der Waals surface area contributed by atoms with E-state index in [1.807, 2.05) is 18.2 Å². The molecule has 144 valence electrons. The number of rotatable bonds is 5. The number of carbonyl (C=O) groups excluding carboxylic acids is 2. The minimum Gasteiger partial charge on any atom is -0.465 e. The molecule has 0 atom stereocenters. The summed E-state index contributed by atoms with van der Waals surface area (Å²) in [6.45, 7) is 5.89. The molecule has 1 aliphatic rings. The van der Waals surface area contributed by atoms with E-state index in [1.54, 1.807) is 17.9 Å². The lowest BCUT2D eigenvalue weighted by molar-refractivity contribution is 0.0598. The van der Waals surface area contributed by atoms with Gasteiger partial charge < -0.3 is 19.4 Å². The zero-order valence-electron chi connectivity index (χ0n) is 15.7. The second-order valence-corrected chi connectivity index (χ2v) is 6.58. The fraction of sp³-hybridized carbons (Fsp3) is 0.400. The van der Waals surface area contributed by atoms with Crippen molar-refractivity contribution in [2.45, 2.75) is 20.0 Å². The fourth-order valence-corrected chi connectivity index (χ4v) is 3.17. The van der Waals surface area contributed by atoms with Crippen LogP contribution in [0.4, 0.5) is 4.79 Å². The van der Waals surface area contributed by atoms with Crippen molar-refractivity contribution in [3.63, 3.8) is 0 Å². The van der Waals surface area contributed by atoms with Crippen LogP contribution in [-0.4, -0.2) is 55.1 Å². The Morgan fingerprint density at radius 1 is 1.15 bits per heavy atom. The van der Waals surface area contributed by atoms with Crippen LogP contribution in [0, 0.1) is 6.92 Å². The third-order valence-corrected chi connectivity index (χ3v) is 4.70. The molecule has 0 unspecified atom stereocenters. The Balaban J connectivity index is 1.45. The Morgan fingerprint density at radius 2 is 1.85 bits per heavy atom. The summed E-state index contributed by atoms with van der Waals surface area (Å²) in [7, 11) is 1.33. The molecule has 1 aromatic carbocycles. The molecule has 7 heteroatoms. The first kappa shape index (κ1) is 19.0. The number of carbonyl (C=O) groups is 2. The molecule has 1 saturated heterocycles. The highest BCUT2D eigenvalue weighted by Gasteiger charge is 2.22. The van der Waals surface area contributed by atoms with Crippen molar-refractivity contribution in [2.75, 3.05) is 33.3 Å². The maximum absolute atomic E-state index is 12.4. The molecule has 1 N–H and O–H groups in total. The standard InChI is InChI=1S/C20H25N3O4/c1-15-18(19(24)26-2)12-17(27-15)13-21-20(25)23-10-8-22(9-11-23)14-16-6-4-3-5-7-16/h3-7,12H,8-11,13-14H2,1-2H3,(H,21,25). The van der Waals surface area contributed by atoms with Crippen LogP contribution in [0.3, 0.4) is 0 Å². The first-order valence-electron chi connectivity index (χ1n) is 9.03. The van der Waals surface area contributed by atoms with E-state index in [9.17, 15) is 9.59 Å². The number of piperazine rings is 1. The van der Waals surface area contributed by atoms with Gasteiger partial charge >= 0.3 is 12.0 Å². The van der Waals surface area contributed by atoms with Gasteiger partial charge in [-0.15, -0.1) is 0 Å². The van der Waals surface area contributed by atoms with Crippen LogP contribution in [0.5, 0.6) is 0 Å². The van der Waals surface area contributed by atoms with Gasteiger partial charge in [0.25, 0.3) is 0 Å². The lowest BCUT2D eigenvalue weighted by atomic mass is 10.2. The quantitative estimate of drug-likeness (QED) is 0.817. The third kappa shape index (κ3) is 4.89. The van der Waals surface area contributed by atoms with Gasteiger partial charge in [0, 0.05) is 32.7 Å². The zero-order valence-corrected chi connectivity index (χ0v) is 15.7. The number of urea groups is 1. The van der Waals surface area contributed by atoms with Crippen LogP contribution in [0.25, 0.3) is 0 Å². The first-order chi connectivity index (χ1) is 13.1. The Labute approximate surface area is 158 Å². The maximum Gasteiger partial charge on any atom is 0.341 e. The third-order valence-electron chi connectivity index (χ3n) is 4.70. The number of nitrogens with one attached hydrogen (secondary N) is 1. The molecule has 0 spiro atoms. The number of nitrogens with zero attached hydrogens (tertiary/aromatic N) is 2. The van der Waals surface area contributed by atoms with E-state index < -0.39 is 5.97 Å². The summed E-state index contributed by atoms with van der Waals surface area (Å²) < 4.78 is 10.2. The Bertz CT molecular complexity index is 780. The molecule has 1 aromatic heterocycles. The number of hydrogen-bond acceptors (Lipinski definition) is 5. The first-order valence-corrected chi connectivity index (χ1v) is 9.03. The van der Waals surface area contributed by atoms with Crippen molar-refractivity contribution >= 4 is 12.0 Å². The molecular formula is C20H25N3O4. The zero-order chi connectivity index (χ0) is 19.2. The van der Waals surface area contributed by atoms with Crippen LogP contribution < -0.4 is 5.32 Å². The predicted molar refractivity (Wildman–Crippen MR) is 100 cm³/mol. The maximum atomic E-state index is 12.4. The van der Waals surface area contributed by atoms with E-state index in [2.05, 4.69) is 22.3 Å². The van der Waals surface area contributed by atoms with Gasteiger partial charge in [-0.2, -0.15) is 0 Å². The highest BCUT2D eigenvalue weighted by Crippen LogP contribution is 2.16. The summed E-state index contributed by atoms with van der Waals surface area (Å²) in [4.78, 5) is 28.1. The molecular weight excluding hydrogens is 346 g/mol. The molecule has 0 saturated carbocycles. The molecule has 2 heterocycles. The second kappa shape index (κ2) is 8.73. The van der Waals surface area contributed by atoms with E-state index in [1.165, 1.54) is 12.7 Å². The van der Waals surface area contributed by atoms with Gasteiger partial charge in [-0.05, 0) is 18.6 Å². The van der Waals surface area contributed by atoms with Crippen LogP contribution in [0.15, 0.2) is 40.8 Å². The number of benzene rings is 1. The van der Waals surface area contributed by atoms with Crippen LogP contribution >= 0.6 is 0 Å². The van der Waals surface area contributed by atoms with Crippen molar-refractivity contribution in [2.24, 2.45) is 0 Å². The van der Waals surface area contributed by atoms with Gasteiger partial charge in [-0.3, -0.25) is 4.90 Å². The minimum absolute atomic E-state index is 0.122. The Kier molecular flexibility index (Phi) is 6.13. The van der Waals surface area contributed by atoms with Gasteiger partial charge in [0.2, 0.25) is 0 Å². The summed E-state index contributed by atoms with van der Waals surface area (Å²) >= 11 is 0. The Hall–Kier alpha value is -2.80. The van der Waals surface area contributed by atoms with E-state index in [-0.39, 0.29) is 12.6 Å². The van der Waals surface area contributed by atoms with E-state index in [4.69, 9.17) is 9.15 Å². The number of esters is 1. The molecule has 3 rings (SSSR count). The average molecular weight is 371 g/mol. The van der Waals surface area contributed by atoms with Crippen LogP contribution in [-0.2, 0) is 17.8 Å². The number of furan rings is 1. The van der Waals surface area contributed by atoms with Gasteiger partial charge in [0.05, 0.1) is 13.7 Å². The molecule has 0 aliphatic carbocycles. The lowest BCUT2D eigenvalue weighted by Gasteiger charge is -2.34. The summed E-state index contributed by atoms with van der Waals surface area (Å²) in [6, 6.07) is 11.8. The van der Waals surface area contributed by atoms with Crippen molar-refractivity contribution in [3.05, 3.63) is 59.0 Å². The highest BCUT2D eigenvalue weighted by atomic mass is 16.5. The number of aryl methyl sites for hydroxylation is 1. The van der Waals surface area contributed by atoms with E-state index in [0.29, 0.717) is 30.2 Å². The van der Waals surface area contributed by atoms with Crippen LogP contribution in [0.2, 0.25) is 0 Å². The molecule has 2 amide bonds. The lowest BCUT2D eigenvalue weighted by Crippen LogP contribution is -2.51. The smallest absolute Gasteiger partial charge is 0.341 e. The summed E-state index contributed by atoms with van der Waals surface area (Å²) in [5.41, 5.74) is 1.67. The number of methoxy groups -OCH3 is 1. The fourth-order valence-electron chi connectivity index (χ4n) is 3.17. The molecule has 7 nitrogen and oxygen atoms in total. The van der Waals surface area contributed by atoms with E-state index >= 15 is 0 Å².